The highest BCUT2D eigenvalue weighted by Gasteiger charge is 1.95. The fourth-order valence-corrected chi connectivity index (χ4v) is 1.09. The molecule has 1 aromatic heterocycles. The van der Waals surface area contributed by atoms with E-state index < -0.39 is 0 Å². The van der Waals surface area contributed by atoms with Gasteiger partial charge in [-0.2, -0.15) is 5.10 Å². The molecule has 3 heteroatoms. The van der Waals surface area contributed by atoms with Gasteiger partial charge in [0.25, 0.3) is 0 Å². The molecule has 2 nitrogen and oxygen atoms in total. The van der Waals surface area contributed by atoms with Gasteiger partial charge in [-0.25, -0.2) is 0 Å². The van der Waals surface area contributed by atoms with E-state index in [9.17, 15) is 0 Å². The predicted molar refractivity (Wildman–Crippen MR) is 46.7 cm³/mol. The van der Waals surface area contributed by atoms with Crippen molar-refractivity contribution in [1.29, 1.82) is 0 Å². The van der Waals surface area contributed by atoms with Gasteiger partial charge in [-0.05, 0) is 18.9 Å². The monoisotopic (exact) mass is 172 g/mol. The summed E-state index contributed by atoms with van der Waals surface area (Å²) >= 11 is 5.57. The highest BCUT2D eigenvalue weighted by molar-refractivity contribution is 6.15. The van der Waals surface area contributed by atoms with Gasteiger partial charge in [-0.3, -0.25) is 4.68 Å². The molecule has 0 aliphatic carbocycles. The summed E-state index contributed by atoms with van der Waals surface area (Å²) in [5, 5.41) is 4.25. The Morgan fingerprint density at radius 1 is 1.64 bits per heavy atom. The van der Waals surface area contributed by atoms with Gasteiger partial charge in [-0.1, -0.05) is 13.3 Å². The Hall–Kier alpha value is -0.500. The summed E-state index contributed by atoms with van der Waals surface area (Å²) in [7, 11) is 0. The Bertz CT molecular complexity index is 208. The normalized spacial score (nSPS) is 10.4. The van der Waals surface area contributed by atoms with Gasteiger partial charge in [0.1, 0.15) is 6.00 Å². The van der Waals surface area contributed by atoms with E-state index in [1.54, 1.807) is 4.68 Å². The molecule has 0 radical (unpaired) electrons. The summed E-state index contributed by atoms with van der Waals surface area (Å²) in [6.07, 6.45) is 5.41. The molecule has 1 rings (SSSR count). The molecule has 0 saturated carbocycles. The topological polar surface area (TPSA) is 17.8 Å². The summed E-state index contributed by atoms with van der Waals surface area (Å²) in [6.45, 7) is 2.18. The van der Waals surface area contributed by atoms with Crippen LogP contribution in [0.15, 0.2) is 12.3 Å². The van der Waals surface area contributed by atoms with Crippen LogP contribution in [0.4, 0.5) is 0 Å². The first-order chi connectivity index (χ1) is 5.36. The van der Waals surface area contributed by atoms with Crippen LogP contribution >= 0.6 is 11.6 Å². The summed E-state index contributed by atoms with van der Waals surface area (Å²) in [5.41, 5.74) is 1.15. The molecule has 0 fully saturated rings. The molecular formula is C8H13ClN2. The Kier molecular flexibility index (Phi) is 3.43. The van der Waals surface area contributed by atoms with Crippen molar-refractivity contribution in [2.75, 3.05) is 0 Å². The Morgan fingerprint density at radius 3 is 3.00 bits per heavy atom. The van der Waals surface area contributed by atoms with Crippen molar-refractivity contribution in [1.82, 2.24) is 9.78 Å². The maximum atomic E-state index is 5.57. The molecule has 0 spiro atoms. The Morgan fingerprint density at radius 2 is 2.45 bits per heavy atom. The van der Waals surface area contributed by atoms with Crippen LogP contribution in [0.3, 0.4) is 0 Å². The molecule has 1 aromatic rings. The predicted octanol–water partition coefficient (Wildman–Crippen LogP) is 2.42. The fraction of sp³-hybridized carbons (Fsp3) is 0.625. The third-order valence-corrected chi connectivity index (χ3v) is 1.85. The van der Waals surface area contributed by atoms with Crippen LogP contribution in [-0.2, 0) is 12.4 Å². The lowest BCUT2D eigenvalue weighted by atomic mass is 10.2. The minimum absolute atomic E-state index is 0.451. The van der Waals surface area contributed by atoms with Gasteiger partial charge in [-0.15, -0.1) is 11.6 Å². The lowest BCUT2D eigenvalue weighted by Crippen LogP contribution is -1.94. The lowest BCUT2D eigenvalue weighted by molar-refractivity contribution is 0.700. The maximum absolute atomic E-state index is 5.57. The molecule has 0 aliphatic rings. The van der Waals surface area contributed by atoms with Crippen molar-refractivity contribution in [3.05, 3.63) is 18.0 Å². The van der Waals surface area contributed by atoms with Crippen molar-refractivity contribution in [2.45, 2.75) is 32.2 Å². The summed E-state index contributed by atoms with van der Waals surface area (Å²) < 4.78 is 1.74. The SMILES string of the molecule is CCCCc1ccn(CCl)n1. The number of rotatable bonds is 4. The molecule has 0 amide bonds. The van der Waals surface area contributed by atoms with E-state index in [2.05, 4.69) is 12.0 Å². The molecule has 0 saturated heterocycles. The second kappa shape index (κ2) is 4.39. The third-order valence-electron chi connectivity index (χ3n) is 1.60. The molecule has 11 heavy (non-hydrogen) atoms. The van der Waals surface area contributed by atoms with Crippen molar-refractivity contribution < 1.29 is 0 Å². The molecule has 0 bridgehead atoms. The van der Waals surface area contributed by atoms with Crippen molar-refractivity contribution >= 4 is 11.6 Å². The van der Waals surface area contributed by atoms with E-state index in [-0.39, 0.29) is 0 Å². The van der Waals surface area contributed by atoms with E-state index in [0.717, 1.165) is 12.1 Å². The molecular weight excluding hydrogens is 160 g/mol. The van der Waals surface area contributed by atoms with Crippen LogP contribution in [0.5, 0.6) is 0 Å². The second-order valence-electron chi connectivity index (χ2n) is 2.57. The first-order valence-corrected chi connectivity index (χ1v) is 4.48. The summed E-state index contributed by atoms with van der Waals surface area (Å²) in [6, 6.07) is 2.48. The van der Waals surface area contributed by atoms with Crippen molar-refractivity contribution in [3.8, 4) is 0 Å². The zero-order chi connectivity index (χ0) is 8.10. The van der Waals surface area contributed by atoms with Crippen LogP contribution < -0.4 is 0 Å². The Balaban J connectivity index is 2.44. The molecule has 62 valence electrons. The zero-order valence-electron chi connectivity index (χ0n) is 6.76. The quantitative estimate of drug-likeness (QED) is 0.638. The highest BCUT2D eigenvalue weighted by atomic mass is 35.5. The second-order valence-corrected chi connectivity index (χ2v) is 2.81. The smallest absolute Gasteiger partial charge is 0.115 e. The van der Waals surface area contributed by atoms with Gasteiger partial charge in [0, 0.05) is 6.20 Å². The van der Waals surface area contributed by atoms with E-state index in [1.165, 1.54) is 12.8 Å². The van der Waals surface area contributed by atoms with Crippen LogP contribution in [-0.4, -0.2) is 9.78 Å². The molecule has 1 heterocycles. The fourth-order valence-electron chi connectivity index (χ4n) is 0.962. The number of unbranched alkanes of at least 4 members (excludes halogenated alkanes) is 1. The number of hydrogen-bond acceptors (Lipinski definition) is 1. The Labute approximate surface area is 72.2 Å². The minimum atomic E-state index is 0.451. The third kappa shape index (κ3) is 2.54. The van der Waals surface area contributed by atoms with Crippen LogP contribution in [0.1, 0.15) is 25.5 Å². The molecule has 0 unspecified atom stereocenters. The van der Waals surface area contributed by atoms with Gasteiger partial charge >= 0.3 is 0 Å². The van der Waals surface area contributed by atoms with Crippen LogP contribution in [0, 0.1) is 0 Å². The molecule has 0 aliphatic heterocycles. The van der Waals surface area contributed by atoms with E-state index in [1.807, 2.05) is 12.3 Å². The van der Waals surface area contributed by atoms with Crippen molar-refractivity contribution in [3.63, 3.8) is 0 Å². The first-order valence-electron chi connectivity index (χ1n) is 3.95. The van der Waals surface area contributed by atoms with E-state index >= 15 is 0 Å². The van der Waals surface area contributed by atoms with Gasteiger partial charge in [0.2, 0.25) is 0 Å². The molecule has 0 aromatic carbocycles. The lowest BCUT2D eigenvalue weighted by Gasteiger charge is -1.92. The first kappa shape index (κ1) is 8.60. The zero-order valence-corrected chi connectivity index (χ0v) is 7.51. The number of halogens is 1. The van der Waals surface area contributed by atoms with Gasteiger partial charge in [0.05, 0.1) is 5.69 Å². The average molecular weight is 173 g/mol. The van der Waals surface area contributed by atoms with E-state index in [4.69, 9.17) is 11.6 Å². The number of aromatic nitrogens is 2. The van der Waals surface area contributed by atoms with Crippen LogP contribution in [0.25, 0.3) is 0 Å². The number of nitrogens with zero attached hydrogens (tertiary/aromatic N) is 2. The number of aryl methyl sites for hydroxylation is 1. The highest BCUT2D eigenvalue weighted by Crippen LogP contribution is 2.02. The van der Waals surface area contributed by atoms with Gasteiger partial charge < -0.3 is 0 Å². The number of alkyl halides is 1. The molecule has 0 N–H and O–H groups in total. The average Bonchev–Trinajstić information content (AvgIpc) is 2.48. The summed E-state index contributed by atoms with van der Waals surface area (Å²) in [5.74, 6) is 0. The van der Waals surface area contributed by atoms with Crippen molar-refractivity contribution in [2.24, 2.45) is 0 Å². The summed E-state index contributed by atoms with van der Waals surface area (Å²) in [4.78, 5) is 0. The van der Waals surface area contributed by atoms with E-state index in [0.29, 0.717) is 6.00 Å². The van der Waals surface area contributed by atoms with Gasteiger partial charge in [0.15, 0.2) is 0 Å². The number of hydrogen-bond donors (Lipinski definition) is 0. The maximum Gasteiger partial charge on any atom is 0.115 e. The standard InChI is InChI=1S/C8H13ClN2/c1-2-3-4-8-5-6-11(7-9)10-8/h5-6H,2-4,7H2,1H3. The minimum Gasteiger partial charge on any atom is -0.258 e. The largest absolute Gasteiger partial charge is 0.258 e. The van der Waals surface area contributed by atoms with Crippen LogP contribution in [0.2, 0.25) is 0 Å². The molecule has 0 atom stereocenters.